The zero-order valence-electron chi connectivity index (χ0n) is 19.5. The third-order valence-corrected chi connectivity index (χ3v) is 8.09. The first-order valence-electron chi connectivity index (χ1n) is 11.3. The number of hydrogen-bond acceptors (Lipinski definition) is 7. The first-order chi connectivity index (χ1) is 15.9. The van der Waals surface area contributed by atoms with Crippen LogP contribution < -0.4 is 11.1 Å². The average Bonchev–Trinajstić information content (AvgIpc) is 3.10. The molecule has 0 saturated carbocycles. The number of aryl methyl sites for hydroxylation is 2. The van der Waals surface area contributed by atoms with Gasteiger partial charge in [-0.15, -0.1) is 11.3 Å². The molecule has 7 nitrogen and oxygen atoms in total. The summed E-state index contributed by atoms with van der Waals surface area (Å²) >= 11 is 2.98. The van der Waals surface area contributed by atoms with E-state index in [1.54, 1.807) is 4.57 Å². The third kappa shape index (κ3) is 4.90. The molecule has 3 aromatic heterocycles. The Kier molecular flexibility index (Phi) is 7.31. The van der Waals surface area contributed by atoms with Crippen LogP contribution in [0.15, 0.2) is 39.0 Å². The van der Waals surface area contributed by atoms with Crippen molar-refractivity contribution in [3.8, 4) is 0 Å². The molecule has 4 aromatic rings. The van der Waals surface area contributed by atoms with Gasteiger partial charge in [-0.25, -0.2) is 9.97 Å². The summed E-state index contributed by atoms with van der Waals surface area (Å²) in [6.45, 7) is 11.8. The van der Waals surface area contributed by atoms with Crippen LogP contribution in [-0.4, -0.2) is 44.1 Å². The van der Waals surface area contributed by atoms with Crippen molar-refractivity contribution < 1.29 is 0 Å². The van der Waals surface area contributed by atoms with Crippen molar-refractivity contribution in [2.24, 2.45) is 0 Å². The van der Waals surface area contributed by atoms with E-state index in [0.29, 0.717) is 39.6 Å². The zero-order chi connectivity index (χ0) is 23.5. The normalized spacial score (nSPS) is 11.8. The number of aromatic amines is 1. The number of para-hydroxylation sites is 1. The molecule has 0 bridgehead atoms. The smallest absolute Gasteiger partial charge is 0.262 e. The van der Waals surface area contributed by atoms with Gasteiger partial charge in [0.1, 0.15) is 10.7 Å². The number of H-pyrrole nitrogens is 1. The molecule has 4 rings (SSSR count). The Bertz CT molecular complexity index is 1400. The van der Waals surface area contributed by atoms with Gasteiger partial charge in [0.25, 0.3) is 11.1 Å². The van der Waals surface area contributed by atoms with Gasteiger partial charge in [-0.2, -0.15) is 0 Å². The maximum atomic E-state index is 13.3. The first kappa shape index (κ1) is 23.7. The lowest BCUT2D eigenvalue weighted by Crippen LogP contribution is -2.28. The lowest BCUT2D eigenvalue weighted by atomic mass is 10.2. The Labute approximate surface area is 200 Å². The second kappa shape index (κ2) is 10.2. The summed E-state index contributed by atoms with van der Waals surface area (Å²) in [5.74, 6) is 1.03. The Hall–Kier alpha value is -2.49. The van der Waals surface area contributed by atoms with Crippen molar-refractivity contribution in [1.29, 1.82) is 0 Å². The molecule has 0 amide bonds. The van der Waals surface area contributed by atoms with Crippen LogP contribution in [0.2, 0.25) is 0 Å². The molecule has 0 unspecified atom stereocenters. The molecule has 0 fully saturated rings. The number of rotatable bonds is 9. The van der Waals surface area contributed by atoms with Gasteiger partial charge in [0, 0.05) is 11.4 Å². The van der Waals surface area contributed by atoms with E-state index in [0.717, 1.165) is 41.3 Å². The number of nitrogens with zero attached hydrogens (tertiary/aromatic N) is 4. The standard InChI is InChI=1S/C24H29N5O2S2/c1-5-28(6-2)12-9-13-29-23(31)17-10-7-8-11-18(17)25-24(29)32-14-19-26-21(30)20-15(3)16(4)33-22(20)27-19/h7-8,10-11H,5-6,9,12-14H2,1-4H3,(H,26,27,30). The predicted molar refractivity (Wildman–Crippen MR) is 138 cm³/mol. The molecule has 0 radical (unpaired) electrons. The predicted octanol–water partition coefficient (Wildman–Crippen LogP) is 4.34. The van der Waals surface area contributed by atoms with Crippen LogP contribution in [0.25, 0.3) is 21.1 Å². The first-order valence-corrected chi connectivity index (χ1v) is 13.1. The number of nitrogens with one attached hydrogen (secondary N) is 1. The lowest BCUT2D eigenvalue weighted by Gasteiger charge is -2.19. The van der Waals surface area contributed by atoms with E-state index < -0.39 is 0 Å². The van der Waals surface area contributed by atoms with Gasteiger partial charge >= 0.3 is 0 Å². The van der Waals surface area contributed by atoms with E-state index in [1.807, 2.05) is 38.1 Å². The maximum Gasteiger partial charge on any atom is 0.262 e. The van der Waals surface area contributed by atoms with Crippen LogP contribution >= 0.6 is 23.1 Å². The molecule has 33 heavy (non-hydrogen) atoms. The van der Waals surface area contributed by atoms with Gasteiger partial charge in [-0.1, -0.05) is 37.7 Å². The SMILES string of the molecule is CCN(CC)CCCn1c(SCc2nc3sc(C)c(C)c3c(=O)[nH]2)nc2ccccc2c1=O. The minimum Gasteiger partial charge on any atom is -0.309 e. The number of benzene rings is 1. The minimum absolute atomic E-state index is 0.0240. The molecule has 3 heterocycles. The summed E-state index contributed by atoms with van der Waals surface area (Å²) in [6.07, 6.45) is 0.865. The summed E-state index contributed by atoms with van der Waals surface area (Å²) in [7, 11) is 0. The Morgan fingerprint density at radius 1 is 1.12 bits per heavy atom. The fraction of sp³-hybridized carbons (Fsp3) is 0.417. The van der Waals surface area contributed by atoms with Gasteiger partial charge < -0.3 is 9.88 Å². The van der Waals surface area contributed by atoms with Crippen molar-refractivity contribution in [1.82, 2.24) is 24.4 Å². The fourth-order valence-electron chi connectivity index (χ4n) is 3.95. The molecule has 0 aliphatic heterocycles. The van der Waals surface area contributed by atoms with E-state index in [4.69, 9.17) is 4.98 Å². The summed E-state index contributed by atoms with van der Waals surface area (Å²) < 4.78 is 1.77. The molecule has 0 aliphatic rings. The molecular weight excluding hydrogens is 454 g/mol. The van der Waals surface area contributed by atoms with Crippen LogP contribution in [0.5, 0.6) is 0 Å². The van der Waals surface area contributed by atoms with Crippen LogP contribution in [0, 0.1) is 13.8 Å². The van der Waals surface area contributed by atoms with Crippen molar-refractivity contribution in [3.05, 3.63) is 61.2 Å². The highest BCUT2D eigenvalue weighted by Gasteiger charge is 2.15. The molecule has 1 N–H and O–H groups in total. The second-order valence-corrected chi connectivity index (χ2v) is 10.2. The van der Waals surface area contributed by atoms with Crippen LogP contribution in [0.3, 0.4) is 0 Å². The molecule has 0 atom stereocenters. The topological polar surface area (TPSA) is 83.9 Å². The van der Waals surface area contributed by atoms with Gasteiger partial charge in [-0.3, -0.25) is 14.2 Å². The Morgan fingerprint density at radius 2 is 1.88 bits per heavy atom. The van der Waals surface area contributed by atoms with Crippen molar-refractivity contribution in [2.45, 2.75) is 51.6 Å². The molecule has 0 spiro atoms. The van der Waals surface area contributed by atoms with Crippen molar-refractivity contribution in [3.63, 3.8) is 0 Å². The monoisotopic (exact) mass is 483 g/mol. The van der Waals surface area contributed by atoms with Crippen LogP contribution in [0.1, 0.15) is 36.5 Å². The van der Waals surface area contributed by atoms with Crippen LogP contribution in [0.4, 0.5) is 0 Å². The number of aromatic nitrogens is 4. The minimum atomic E-state index is -0.111. The van der Waals surface area contributed by atoms with Gasteiger partial charge in [0.15, 0.2) is 5.16 Å². The van der Waals surface area contributed by atoms with Crippen molar-refractivity contribution >= 4 is 44.2 Å². The van der Waals surface area contributed by atoms with Gasteiger partial charge in [0.2, 0.25) is 0 Å². The van der Waals surface area contributed by atoms with E-state index in [9.17, 15) is 9.59 Å². The Balaban J connectivity index is 1.64. The highest BCUT2D eigenvalue weighted by atomic mass is 32.2. The molecule has 0 saturated heterocycles. The lowest BCUT2D eigenvalue weighted by molar-refractivity contribution is 0.290. The number of fused-ring (bicyclic) bond motifs is 2. The van der Waals surface area contributed by atoms with E-state index in [2.05, 4.69) is 28.7 Å². The number of thioether (sulfide) groups is 1. The molecule has 9 heteroatoms. The van der Waals surface area contributed by atoms with Gasteiger partial charge in [-0.05, 0) is 57.6 Å². The highest BCUT2D eigenvalue weighted by molar-refractivity contribution is 7.98. The number of hydrogen-bond donors (Lipinski definition) is 1. The summed E-state index contributed by atoms with van der Waals surface area (Å²) in [4.78, 5) is 42.5. The van der Waals surface area contributed by atoms with E-state index in [1.165, 1.54) is 23.1 Å². The maximum absolute atomic E-state index is 13.3. The van der Waals surface area contributed by atoms with E-state index in [-0.39, 0.29) is 11.1 Å². The highest BCUT2D eigenvalue weighted by Crippen LogP contribution is 2.27. The number of thiophene rings is 1. The zero-order valence-corrected chi connectivity index (χ0v) is 21.1. The third-order valence-electron chi connectivity index (χ3n) is 6.00. The molecule has 174 valence electrons. The summed E-state index contributed by atoms with van der Waals surface area (Å²) in [5, 5.41) is 1.95. The van der Waals surface area contributed by atoms with Crippen molar-refractivity contribution in [2.75, 3.05) is 19.6 Å². The van der Waals surface area contributed by atoms with Crippen LogP contribution in [-0.2, 0) is 12.3 Å². The average molecular weight is 484 g/mol. The molecule has 0 aliphatic carbocycles. The Morgan fingerprint density at radius 3 is 2.64 bits per heavy atom. The second-order valence-electron chi connectivity index (χ2n) is 8.01. The summed E-state index contributed by atoms with van der Waals surface area (Å²) in [5.41, 5.74) is 1.54. The largest absolute Gasteiger partial charge is 0.309 e. The fourth-order valence-corrected chi connectivity index (χ4v) is 5.89. The summed E-state index contributed by atoms with van der Waals surface area (Å²) in [6, 6.07) is 7.45. The molecule has 1 aromatic carbocycles. The molecular formula is C24H29N5O2S2. The quantitative estimate of drug-likeness (QED) is 0.282. The van der Waals surface area contributed by atoms with Gasteiger partial charge in [0.05, 0.1) is 22.0 Å². The van der Waals surface area contributed by atoms with E-state index >= 15 is 0 Å².